The zero-order valence-electron chi connectivity index (χ0n) is 13.4. The molecular formula is C18H19N5O. The Hall–Kier alpha value is -2.50. The number of piperazine rings is 1. The lowest BCUT2D eigenvalue weighted by atomic mass is 9.86. The van der Waals surface area contributed by atoms with E-state index in [-0.39, 0.29) is 18.0 Å². The van der Waals surface area contributed by atoms with Crippen LogP contribution in [0.25, 0.3) is 0 Å². The second kappa shape index (κ2) is 5.26. The minimum absolute atomic E-state index is 0.125. The van der Waals surface area contributed by atoms with Crippen LogP contribution in [0.3, 0.4) is 0 Å². The molecule has 0 N–H and O–H groups in total. The highest BCUT2D eigenvalue weighted by Crippen LogP contribution is 2.40. The first-order valence-electron chi connectivity index (χ1n) is 8.59. The largest absolute Gasteiger partial charge is 0.352 e. The van der Waals surface area contributed by atoms with Crippen molar-refractivity contribution < 1.29 is 4.79 Å². The van der Waals surface area contributed by atoms with Gasteiger partial charge in [0, 0.05) is 48.7 Å². The van der Waals surface area contributed by atoms with Crippen LogP contribution < -0.4 is 4.90 Å². The molecule has 2 aromatic heterocycles. The number of carbonyl (C=O) groups is 1. The van der Waals surface area contributed by atoms with Gasteiger partial charge in [-0.15, -0.1) is 0 Å². The molecule has 3 saturated heterocycles. The van der Waals surface area contributed by atoms with E-state index in [0.29, 0.717) is 5.92 Å². The van der Waals surface area contributed by atoms with Gasteiger partial charge in [-0.1, -0.05) is 0 Å². The molecule has 122 valence electrons. The number of pyridine rings is 1. The van der Waals surface area contributed by atoms with Crippen molar-refractivity contribution >= 4 is 11.7 Å². The van der Waals surface area contributed by atoms with Gasteiger partial charge in [-0.3, -0.25) is 9.78 Å². The molecule has 1 saturated carbocycles. The van der Waals surface area contributed by atoms with E-state index in [2.05, 4.69) is 25.9 Å². The Labute approximate surface area is 140 Å². The fourth-order valence-corrected chi connectivity index (χ4v) is 3.91. The van der Waals surface area contributed by atoms with E-state index in [9.17, 15) is 4.79 Å². The fourth-order valence-electron chi connectivity index (χ4n) is 3.91. The Bertz CT molecular complexity index is 764. The minimum Gasteiger partial charge on any atom is -0.352 e. The van der Waals surface area contributed by atoms with Crippen LogP contribution in [0.2, 0.25) is 0 Å². The Morgan fingerprint density at radius 3 is 2.54 bits per heavy atom. The highest BCUT2D eigenvalue weighted by atomic mass is 16.2. The molecule has 3 aliphatic heterocycles. The van der Waals surface area contributed by atoms with Crippen LogP contribution in [0.4, 0.5) is 5.82 Å². The first-order chi connectivity index (χ1) is 11.8. The maximum Gasteiger partial charge on any atom is 0.254 e. The van der Waals surface area contributed by atoms with Gasteiger partial charge in [0.25, 0.3) is 5.91 Å². The molecule has 0 radical (unpaired) electrons. The Morgan fingerprint density at radius 1 is 1.08 bits per heavy atom. The van der Waals surface area contributed by atoms with E-state index in [0.717, 1.165) is 30.9 Å². The summed E-state index contributed by atoms with van der Waals surface area (Å²) in [6.45, 7) is 1.71. The lowest BCUT2D eigenvalue weighted by molar-refractivity contribution is 0.00574. The van der Waals surface area contributed by atoms with E-state index in [4.69, 9.17) is 0 Å². The van der Waals surface area contributed by atoms with Crippen molar-refractivity contribution in [3.63, 3.8) is 0 Å². The molecule has 4 aliphatic rings. The molecule has 2 atom stereocenters. The predicted molar refractivity (Wildman–Crippen MR) is 88.8 cm³/mol. The number of anilines is 1. The van der Waals surface area contributed by atoms with Gasteiger partial charge in [-0.05, 0) is 31.4 Å². The van der Waals surface area contributed by atoms with Gasteiger partial charge in [-0.2, -0.15) is 0 Å². The van der Waals surface area contributed by atoms with Crippen LogP contribution in [-0.2, 0) is 0 Å². The molecule has 6 heteroatoms. The van der Waals surface area contributed by atoms with Crippen LogP contribution in [0.1, 0.15) is 41.2 Å². The van der Waals surface area contributed by atoms with Crippen LogP contribution in [0.15, 0.2) is 36.9 Å². The molecule has 0 aromatic carbocycles. The quantitative estimate of drug-likeness (QED) is 0.863. The zero-order valence-corrected chi connectivity index (χ0v) is 13.4. The van der Waals surface area contributed by atoms with Crippen molar-refractivity contribution in [3.05, 3.63) is 48.2 Å². The van der Waals surface area contributed by atoms with Crippen molar-refractivity contribution in [2.24, 2.45) is 0 Å². The lowest BCUT2D eigenvalue weighted by Crippen LogP contribution is -2.70. The molecule has 2 unspecified atom stereocenters. The molecule has 5 heterocycles. The number of nitrogens with zero attached hydrogens (tertiary/aromatic N) is 5. The third-order valence-corrected chi connectivity index (χ3v) is 5.35. The van der Waals surface area contributed by atoms with Crippen molar-refractivity contribution in [1.29, 1.82) is 0 Å². The average molecular weight is 321 g/mol. The molecule has 2 bridgehead atoms. The number of carbonyl (C=O) groups excluding carboxylic acids is 1. The van der Waals surface area contributed by atoms with E-state index >= 15 is 0 Å². The molecule has 1 aliphatic carbocycles. The molecule has 1 amide bonds. The lowest BCUT2D eigenvalue weighted by Gasteiger charge is -2.56. The first-order valence-corrected chi connectivity index (χ1v) is 8.59. The molecule has 6 rings (SSSR count). The molecule has 24 heavy (non-hydrogen) atoms. The maximum atomic E-state index is 12.7. The Morgan fingerprint density at radius 2 is 1.83 bits per heavy atom. The maximum absolute atomic E-state index is 12.7. The molecule has 0 spiro atoms. The summed E-state index contributed by atoms with van der Waals surface area (Å²) in [4.78, 5) is 29.9. The molecule has 6 nitrogen and oxygen atoms in total. The van der Waals surface area contributed by atoms with Gasteiger partial charge in [0.2, 0.25) is 0 Å². The monoisotopic (exact) mass is 321 g/mol. The van der Waals surface area contributed by atoms with Crippen LogP contribution in [0, 0.1) is 0 Å². The molecule has 2 aromatic rings. The van der Waals surface area contributed by atoms with Crippen molar-refractivity contribution in [3.8, 4) is 0 Å². The second-order valence-electron chi connectivity index (χ2n) is 6.97. The van der Waals surface area contributed by atoms with E-state index in [1.807, 2.05) is 4.90 Å². The van der Waals surface area contributed by atoms with Crippen LogP contribution in [-0.4, -0.2) is 50.9 Å². The Balaban J connectivity index is 1.32. The van der Waals surface area contributed by atoms with Gasteiger partial charge in [0.1, 0.15) is 12.1 Å². The summed E-state index contributed by atoms with van der Waals surface area (Å²) in [7, 11) is 0. The normalized spacial score (nSPS) is 25.3. The molecule has 4 fully saturated rings. The average Bonchev–Trinajstić information content (AvgIpc) is 3.48. The number of aromatic nitrogens is 3. The second-order valence-corrected chi connectivity index (χ2v) is 6.97. The summed E-state index contributed by atoms with van der Waals surface area (Å²) >= 11 is 0. The number of hydrogen-bond acceptors (Lipinski definition) is 5. The topological polar surface area (TPSA) is 62.2 Å². The number of piperidine rings is 1. The highest BCUT2D eigenvalue weighted by Gasteiger charge is 2.47. The number of amides is 1. The van der Waals surface area contributed by atoms with Gasteiger partial charge in [0.05, 0.1) is 12.1 Å². The third kappa shape index (κ3) is 2.25. The van der Waals surface area contributed by atoms with Crippen LogP contribution >= 0.6 is 0 Å². The van der Waals surface area contributed by atoms with Gasteiger partial charge in [-0.25, -0.2) is 9.97 Å². The summed E-state index contributed by atoms with van der Waals surface area (Å²) in [5, 5.41) is 0. The van der Waals surface area contributed by atoms with Gasteiger partial charge in [0.15, 0.2) is 0 Å². The van der Waals surface area contributed by atoms with E-state index in [1.54, 1.807) is 30.9 Å². The fraction of sp³-hybridized carbons (Fsp3) is 0.444. The summed E-state index contributed by atoms with van der Waals surface area (Å²) in [6, 6.07) is 6.28. The smallest absolute Gasteiger partial charge is 0.254 e. The number of fused-ring (bicyclic) bond motifs is 2. The van der Waals surface area contributed by atoms with E-state index < -0.39 is 0 Å². The van der Waals surface area contributed by atoms with Crippen molar-refractivity contribution in [1.82, 2.24) is 19.9 Å². The first kappa shape index (κ1) is 13.9. The van der Waals surface area contributed by atoms with Gasteiger partial charge >= 0.3 is 0 Å². The summed E-state index contributed by atoms with van der Waals surface area (Å²) in [5.74, 6) is 1.77. The van der Waals surface area contributed by atoms with Gasteiger partial charge < -0.3 is 9.80 Å². The van der Waals surface area contributed by atoms with E-state index in [1.165, 1.54) is 18.5 Å². The SMILES string of the molecule is O=C(c1ccncc1)N1C2CC1CN(c1cc(C3CC3)ncn1)C2. The summed E-state index contributed by atoms with van der Waals surface area (Å²) < 4.78 is 0. The van der Waals surface area contributed by atoms with Crippen LogP contribution in [0.5, 0.6) is 0 Å². The standard InChI is InChI=1S/C18H19N5O/c24-18(13-3-5-19-6-4-13)23-14-7-15(23)10-22(9-14)17-8-16(12-1-2-12)20-11-21-17/h3-6,8,11-12,14-15H,1-2,7,9-10H2. The number of rotatable bonds is 3. The van der Waals surface area contributed by atoms with Crippen molar-refractivity contribution in [2.45, 2.75) is 37.3 Å². The molecular weight excluding hydrogens is 302 g/mol. The number of hydrogen-bond donors (Lipinski definition) is 0. The third-order valence-electron chi connectivity index (χ3n) is 5.35. The Kier molecular flexibility index (Phi) is 3.04. The van der Waals surface area contributed by atoms with Crippen molar-refractivity contribution in [2.75, 3.05) is 18.0 Å². The summed E-state index contributed by atoms with van der Waals surface area (Å²) in [6.07, 6.45) is 8.62. The highest BCUT2D eigenvalue weighted by molar-refractivity contribution is 5.95. The predicted octanol–water partition coefficient (Wildman–Crippen LogP) is 1.85. The zero-order chi connectivity index (χ0) is 16.1. The minimum atomic E-state index is 0.125. The summed E-state index contributed by atoms with van der Waals surface area (Å²) in [5.41, 5.74) is 1.90.